The molecule has 3 amide bonds. The molecule has 33 heavy (non-hydrogen) atoms. The summed E-state index contributed by atoms with van der Waals surface area (Å²) in [6.07, 6.45) is 0. The molecule has 0 fully saturated rings. The lowest BCUT2D eigenvalue weighted by Gasteiger charge is -2.16. The van der Waals surface area contributed by atoms with Crippen molar-refractivity contribution in [2.75, 3.05) is 16.0 Å². The first-order chi connectivity index (χ1) is 15.6. The van der Waals surface area contributed by atoms with Crippen molar-refractivity contribution in [2.24, 2.45) is 0 Å². The number of hydrogen-bond donors (Lipinski definition) is 5. The Kier molecular flexibility index (Phi) is 6.82. The molecule has 3 rings (SSSR count). The third-order valence-electron chi connectivity index (χ3n) is 4.41. The number of carbonyl (C=O) groups excluding carboxylic acids is 3. The Balaban J connectivity index is 2.11. The third kappa shape index (κ3) is 6.01. The predicted octanol–water partition coefficient (Wildman–Crippen LogP) is 4.43. The van der Waals surface area contributed by atoms with Crippen molar-refractivity contribution in [3.8, 4) is 34.1 Å². The van der Waals surface area contributed by atoms with Gasteiger partial charge in [-0.05, 0) is 48.5 Å². The van der Waals surface area contributed by atoms with Crippen LogP contribution in [0.2, 0.25) is 0 Å². The molecular weight excluding hydrogens is 426 g/mol. The maximum atomic E-state index is 11.5. The van der Waals surface area contributed by atoms with Gasteiger partial charge in [-0.3, -0.25) is 14.4 Å². The molecule has 3 aromatic rings. The smallest absolute Gasteiger partial charge is 0.221 e. The van der Waals surface area contributed by atoms with Crippen molar-refractivity contribution in [3.63, 3.8) is 0 Å². The van der Waals surface area contributed by atoms with Gasteiger partial charge in [-0.15, -0.1) is 0 Å². The van der Waals surface area contributed by atoms with Crippen LogP contribution in [0.5, 0.6) is 23.0 Å². The Morgan fingerprint density at radius 3 is 1.61 bits per heavy atom. The number of ether oxygens (including phenoxy) is 1. The zero-order valence-corrected chi connectivity index (χ0v) is 18.2. The van der Waals surface area contributed by atoms with Crippen LogP contribution < -0.4 is 20.7 Å². The first-order valence-electron chi connectivity index (χ1n) is 9.93. The van der Waals surface area contributed by atoms with Crippen LogP contribution in [-0.4, -0.2) is 27.9 Å². The molecule has 0 atom stereocenters. The number of anilines is 3. The van der Waals surface area contributed by atoms with Gasteiger partial charge < -0.3 is 30.9 Å². The van der Waals surface area contributed by atoms with E-state index in [1.807, 2.05) is 0 Å². The summed E-state index contributed by atoms with van der Waals surface area (Å²) in [7, 11) is 0. The fraction of sp³-hybridized carbons (Fsp3) is 0.125. The lowest BCUT2D eigenvalue weighted by Crippen LogP contribution is -2.07. The van der Waals surface area contributed by atoms with Crippen LogP contribution in [-0.2, 0) is 14.4 Å². The van der Waals surface area contributed by atoms with Crippen molar-refractivity contribution >= 4 is 34.8 Å². The summed E-state index contributed by atoms with van der Waals surface area (Å²) in [6, 6.07) is 13.6. The zero-order chi connectivity index (χ0) is 24.1. The number of phenols is 2. The van der Waals surface area contributed by atoms with E-state index in [1.165, 1.54) is 45.0 Å². The van der Waals surface area contributed by atoms with Crippen LogP contribution in [0.4, 0.5) is 17.1 Å². The first kappa shape index (κ1) is 23.1. The molecule has 0 saturated heterocycles. The quantitative estimate of drug-likeness (QED) is 0.353. The van der Waals surface area contributed by atoms with Gasteiger partial charge in [-0.2, -0.15) is 0 Å². The van der Waals surface area contributed by atoms with Crippen LogP contribution in [0, 0.1) is 0 Å². The van der Waals surface area contributed by atoms with Gasteiger partial charge in [0, 0.05) is 55.0 Å². The Morgan fingerprint density at radius 2 is 1.06 bits per heavy atom. The minimum absolute atomic E-state index is 0.0623. The molecule has 5 N–H and O–H groups in total. The van der Waals surface area contributed by atoms with E-state index >= 15 is 0 Å². The zero-order valence-electron chi connectivity index (χ0n) is 18.2. The number of nitrogens with one attached hydrogen (secondary N) is 3. The summed E-state index contributed by atoms with van der Waals surface area (Å²) in [6.45, 7) is 4.09. The molecule has 0 aliphatic carbocycles. The van der Waals surface area contributed by atoms with Crippen molar-refractivity contribution in [1.29, 1.82) is 0 Å². The summed E-state index contributed by atoms with van der Waals surface area (Å²) in [5, 5.41) is 28.7. The number of aromatic hydroxyl groups is 2. The van der Waals surface area contributed by atoms with Gasteiger partial charge in [-0.25, -0.2) is 0 Å². The van der Waals surface area contributed by atoms with Crippen molar-refractivity contribution in [2.45, 2.75) is 20.8 Å². The Hall–Kier alpha value is -4.53. The molecular formula is C24H23N3O6. The second-order valence-electron chi connectivity index (χ2n) is 7.27. The summed E-state index contributed by atoms with van der Waals surface area (Å²) < 4.78 is 5.94. The molecule has 0 unspecified atom stereocenters. The standard InChI is InChI=1S/C24H23N3O6/c1-13(28)25-16-4-7-21(31)19(10-16)20-11-17(26-14(2)29)6-9-23(20)33-24-12-18(27-15(3)30)5-8-22(24)32/h4-12,31-32H,1-3H3,(H,25,28)(H,26,29)(H,27,30). The van der Waals surface area contributed by atoms with E-state index in [-0.39, 0.29) is 40.7 Å². The molecule has 0 aliphatic heterocycles. The van der Waals surface area contributed by atoms with Gasteiger partial charge in [-0.1, -0.05) is 0 Å². The summed E-state index contributed by atoms with van der Waals surface area (Å²) in [5.74, 6) is -0.808. The Labute approximate surface area is 190 Å². The molecule has 0 radical (unpaired) electrons. The van der Waals surface area contributed by atoms with E-state index < -0.39 is 0 Å². The molecule has 0 spiro atoms. The highest BCUT2D eigenvalue weighted by Crippen LogP contribution is 2.42. The van der Waals surface area contributed by atoms with Crippen LogP contribution >= 0.6 is 0 Å². The van der Waals surface area contributed by atoms with Crippen LogP contribution in [0.15, 0.2) is 54.6 Å². The molecule has 0 aliphatic rings. The number of benzene rings is 3. The molecule has 170 valence electrons. The fourth-order valence-corrected chi connectivity index (χ4v) is 3.14. The molecule has 0 bridgehead atoms. The number of hydrogen-bond acceptors (Lipinski definition) is 6. The molecule has 0 aromatic heterocycles. The van der Waals surface area contributed by atoms with Crippen LogP contribution in [0.1, 0.15) is 20.8 Å². The predicted molar refractivity (Wildman–Crippen MR) is 125 cm³/mol. The maximum Gasteiger partial charge on any atom is 0.221 e. The minimum atomic E-state index is -0.286. The van der Waals surface area contributed by atoms with Gasteiger partial charge in [0.05, 0.1) is 0 Å². The van der Waals surface area contributed by atoms with Gasteiger partial charge in [0.1, 0.15) is 11.5 Å². The highest BCUT2D eigenvalue weighted by molar-refractivity contribution is 5.93. The SMILES string of the molecule is CC(=O)Nc1ccc(O)c(Oc2ccc(NC(C)=O)cc2-c2cc(NC(C)=O)ccc2O)c1. The third-order valence-corrected chi connectivity index (χ3v) is 4.41. The largest absolute Gasteiger partial charge is 0.507 e. The lowest BCUT2D eigenvalue weighted by atomic mass is 10.0. The molecule has 0 saturated carbocycles. The maximum absolute atomic E-state index is 11.5. The normalized spacial score (nSPS) is 10.3. The fourth-order valence-electron chi connectivity index (χ4n) is 3.14. The van der Waals surface area contributed by atoms with E-state index in [9.17, 15) is 24.6 Å². The highest BCUT2D eigenvalue weighted by Gasteiger charge is 2.16. The molecule has 3 aromatic carbocycles. The number of phenolic OH excluding ortho intramolecular Hbond substituents is 2. The molecule has 9 nitrogen and oxygen atoms in total. The van der Waals surface area contributed by atoms with E-state index in [1.54, 1.807) is 30.3 Å². The van der Waals surface area contributed by atoms with E-state index in [0.717, 1.165) is 0 Å². The summed E-state index contributed by atoms with van der Waals surface area (Å²) in [4.78, 5) is 34.4. The Morgan fingerprint density at radius 1 is 0.606 bits per heavy atom. The average molecular weight is 449 g/mol. The molecule has 9 heteroatoms. The second-order valence-corrected chi connectivity index (χ2v) is 7.27. The minimum Gasteiger partial charge on any atom is -0.507 e. The van der Waals surface area contributed by atoms with Crippen molar-refractivity contribution in [1.82, 2.24) is 0 Å². The van der Waals surface area contributed by atoms with Gasteiger partial charge >= 0.3 is 0 Å². The van der Waals surface area contributed by atoms with Crippen LogP contribution in [0.25, 0.3) is 11.1 Å². The van der Waals surface area contributed by atoms with Gasteiger partial charge in [0.2, 0.25) is 17.7 Å². The van der Waals surface area contributed by atoms with Gasteiger partial charge in [0.15, 0.2) is 11.5 Å². The lowest BCUT2D eigenvalue weighted by molar-refractivity contribution is -0.115. The number of amides is 3. The van der Waals surface area contributed by atoms with E-state index in [2.05, 4.69) is 16.0 Å². The number of rotatable bonds is 6. The van der Waals surface area contributed by atoms with Crippen LogP contribution in [0.3, 0.4) is 0 Å². The van der Waals surface area contributed by atoms with E-state index in [4.69, 9.17) is 4.74 Å². The average Bonchev–Trinajstić information content (AvgIpc) is 2.72. The summed E-state index contributed by atoms with van der Waals surface area (Å²) in [5.41, 5.74) is 2.02. The van der Waals surface area contributed by atoms with Crippen molar-refractivity contribution < 1.29 is 29.3 Å². The van der Waals surface area contributed by atoms with E-state index in [0.29, 0.717) is 28.2 Å². The molecule has 0 heterocycles. The monoisotopic (exact) mass is 449 g/mol. The first-order valence-corrected chi connectivity index (χ1v) is 9.93. The second kappa shape index (κ2) is 9.73. The Bertz CT molecular complexity index is 1240. The highest BCUT2D eigenvalue weighted by atomic mass is 16.5. The summed E-state index contributed by atoms with van der Waals surface area (Å²) >= 11 is 0. The topological polar surface area (TPSA) is 137 Å². The van der Waals surface area contributed by atoms with Crippen molar-refractivity contribution in [3.05, 3.63) is 54.6 Å². The van der Waals surface area contributed by atoms with Gasteiger partial charge in [0.25, 0.3) is 0 Å². The number of carbonyl (C=O) groups is 3.